The van der Waals surface area contributed by atoms with E-state index in [1.807, 2.05) is 50.2 Å². The van der Waals surface area contributed by atoms with E-state index < -0.39 is 6.10 Å². The van der Waals surface area contributed by atoms with Crippen LogP contribution in [0.3, 0.4) is 0 Å². The minimum absolute atomic E-state index is 0.251. The zero-order valence-electron chi connectivity index (χ0n) is 17.2. The van der Waals surface area contributed by atoms with Crippen LogP contribution in [0, 0.1) is 13.8 Å². The molecule has 1 N–H and O–H groups in total. The summed E-state index contributed by atoms with van der Waals surface area (Å²) in [5.41, 5.74) is 2.19. The van der Waals surface area contributed by atoms with Gasteiger partial charge in [-0.3, -0.25) is 4.90 Å². The second-order valence-corrected chi connectivity index (χ2v) is 7.56. The van der Waals surface area contributed by atoms with E-state index in [-0.39, 0.29) is 12.7 Å². The van der Waals surface area contributed by atoms with Gasteiger partial charge in [0.25, 0.3) is 0 Å². The summed E-state index contributed by atoms with van der Waals surface area (Å²) in [5, 5.41) is 10.4. The molecule has 0 aliphatic carbocycles. The van der Waals surface area contributed by atoms with Crippen LogP contribution in [0.1, 0.15) is 17.5 Å². The molecule has 0 aromatic heterocycles. The van der Waals surface area contributed by atoms with Gasteiger partial charge in [0.1, 0.15) is 24.2 Å². The van der Waals surface area contributed by atoms with Gasteiger partial charge in [0, 0.05) is 32.7 Å². The van der Waals surface area contributed by atoms with Crippen LogP contribution >= 0.6 is 0 Å². The molecule has 29 heavy (non-hydrogen) atoms. The van der Waals surface area contributed by atoms with E-state index in [0.717, 1.165) is 29.8 Å². The fourth-order valence-electron chi connectivity index (χ4n) is 3.39. The quantitative estimate of drug-likeness (QED) is 0.809. The second kappa shape index (κ2) is 10.3. The summed E-state index contributed by atoms with van der Waals surface area (Å²) in [4.78, 5) is 16.3. The fraction of sp³-hybridized carbons (Fsp3) is 0.435. The van der Waals surface area contributed by atoms with E-state index in [0.29, 0.717) is 31.9 Å². The standard InChI is InChI=1S/C23H30N2O4/c1-18-9-10-19(2)22(15-18)28-17-20(26)16-24-11-6-12-25(14-13-24)23(27)29-21-7-4-3-5-8-21/h3-5,7-10,15,20,26H,6,11-14,16-17H2,1-2H3. The molecule has 1 fully saturated rings. The zero-order valence-corrected chi connectivity index (χ0v) is 17.2. The van der Waals surface area contributed by atoms with Crippen LogP contribution in [0.5, 0.6) is 11.5 Å². The Bertz CT molecular complexity index is 797. The smallest absolute Gasteiger partial charge is 0.415 e. The van der Waals surface area contributed by atoms with Crippen LogP contribution in [-0.4, -0.2) is 66.4 Å². The van der Waals surface area contributed by atoms with Gasteiger partial charge in [0.15, 0.2) is 0 Å². The third kappa shape index (κ3) is 6.48. The minimum atomic E-state index is -0.585. The van der Waals surface area contributed by atoms with Crippen LogP contribution in [0.2, 0.25) is 0 Å². The SMILES string of the molecule is Cc1ccc(C)c(OCC(O)CN2CCCN(C(=O)Oc3ccccc3)CC2)c1. The van der Waals surface area contributed by atoms with Crippen molar-refractivity contribution in [3.05, 3.63) is 59.7 Å². The van der Waals surface area contributed by atoms with Crippen molar-refractivity contribution in [2.24, 2.45) is 0 Å². The lowest BCUT2D eigenvalue weighted by atomic mass is 10.1. The molecular formula is C23H30N2O4. The molecule has 1 amide bonds. The molecule has 3 rings (SSSR count). The minimum Gasteiger partial charge on any atom is -0.491 e. The van der Waals surface area contributed by atoms with Gasteiger partial charge in [-0.2, -0.15) is 0 Å². The number of β-amino-alcohol motifs (C(OH)–C–C–N with tert-alkyl or cyclic N) is 1. The molecule has 1 aliphatic heterocycles. The Kier molecular flexibility index (Phi) is 7.49. The summed E-state index contributed by atoms with van der Waals surface area (Å²) in [7, 11) is 0. The Morgan fingerprint density at radius 2 is 1.86 bits per heavy atom. The average molecular weight is 399 g/mol. The monoisotopic (exact) mass is 398 g/mol. The molecule has 1 atom stereocenters. The highest BCUT2D eigenvalue weighted by atomic mass is 16.6. The van der Waals surface area contributed by atoms with E-state index in [1.54, 1.807) is 17.0 Å². The van der Waals surface area contributed by atoms with Crippen molar-refractivity contribution in [2.75, 3.05) is 39.3 Å². The van der Waals surface area contributed by atoms with Gasteiger partial charge < -0.3 is 19.5 Å². The number of para-hydroxylation sites is 1. The predicted octanol–water partition coefficient (Wildman–Crippen LogP) is 3.25. The highest BCUT2D eigenvalue weighted by Crippen LogP contribution is 2.19. The second-order valence-electron chi connectivity index (χ2n) is 7.56. The molecule has 6 nitrogen and oxygen atoms in total. The fourth-order valence-corrected chi connectivity index (χ4v) is 3.39. The first kappa shape index (κ1) is 21.1. The summed E-state index contributed by atoms with van der Waals surface area (Å²) in [6.45, 7) is 7.55. The number of nitrogens with zero attached hydrogens (tertiary/aromatic N) is 2. The number of carbonyl (C=O) groups is 1. The summed E-state index contributed by atoms with van der Waals surface area (Å²) in [6.07, 6.45) is -0.0661. The first-order valence-electron chi connectivity index (χ1n) is 10.1. The molecule has 0 bridgehead atoms. The Labute approximate surface area is 172 Å². The lowest BCUT2D eigenvalue weighted by molar-refractivity contribution is 0.0691. The van der Waals surface area contributed by atoms with Gasteiger partial charge >= 0.3 is 6.09 Å². The molecule has 2 aromatic carbocycles. The third-order valence-electron chi connectivity index (χ3n) is 5.04. The highest BCUT2D eigenvalue weighted by molar-refractivity contribution is 5.70. The number of benzene rings is 2. The molecule has 2 aromatic rings. The maximum absolute atomic E-state index is 12.4. The van der Waals surface area contributed by atoms with Gasteiger partial charge in [0.2, 0.25) is 0 Å². The van der Waals surface area contributed by atoms with E-state index >= 15 is 0 Å². The maximum Gasteiger partial charge on any atom is 0.415 e. The van der Waals surface area contributed by atoms with Crippen LogP contribution in [0.4, 0.5) is 4.79 Å². The van der Waals surface area contributed by atoms with Crippen molar-refractivity contribution in [3.63, 3.8) is 0 Å². The molecule has 0 spiro atoms. The van der Waals surface area contributed by atoms with E-state index in [4.69, 9.17) is 9.47 Å². The van der Waals surface area contributed by atoms with Crippen LogP contribution in [0.25, 0.3) is 0 Å². The van der Waals surface area contributed by atoms with Gasteiger partial charge in [-0.05, 0) is 49.6 Å². The zero-order chi connectivity index (χ0) is 20.6. The van der Waals surface area contributed by atoms with Gasteiger partial charge in [-0.15, -0.1) is 0 Å². The number of aryl methyl sites for hydroxylation is 2. The highest BCUT2D eigenvalue weighted by Gasteiger charge is 2.22. The lowest BCUT2D eigenvalue weighted by Crippen LogP contribution is -2.40. The number of hydrogen-bond acceptors (Lipinski definition) is 5. The number of amides is 1. The largest absolute Gasteiger partial charge is 0.491 e. The summed E-state index contributed by atoms with van der Waals surface area (Å²) >= 11 is 0. The first-order valence-corrected chi connectivity index (χ1v) is 10.1. The summed E-state index contributed by atoms with van der Waals surface area (Å²) in [5.74, 6) is 1.37. The molecule has 1 saturated heterocycles. The average Bonchev–Trinajstić information content (AvgIpc) is 2.95. The van der Waals surface area contributed by atoms with Crippen molar-refractivity contribution in [2.45, 2.75) is 26.4 Å². The molecule has 0 saturated carbocycles. The number of aliphatic hydroxyl groups excluding tert-OH is 1. The van der Waals surface area contributed by atoms with Crippen molar-refractivity contribution in [1.29, 1.82) is 0 Å². The Morgan fingerprint density at radius 3 is 2.66 bits per heavy atom. The Hall–Kier alpha value is -2.57. The number of rotatable bonds is 6. The molecule has 0 radical (unpaired) electrons. The normalized spacial score (nSPS) is 16.2. The van der Waals surface area contributed by atoms with Crippen LogP contribution in [-0.2, 0) is 0 Å². The van der Waals surface area contributed by atoms with Gasteiger partial charge in [-0.25, -0.2) is 4.79 Å². The maximum atomic E-state index is 12.4. The molecule has 1 aliphatic rings. The summed E-state index contributed by atoms with van der Waals surface area (Å²) < 4.78 is 11.2. The van der Waals surface area contributed by atoms with Crippen molar-refractivity contribution in [1.82, 2.24) is 9.80 Å². The van der Waals surface area contributed by atoms with Gasteiger partial charge in [-0.1, -0.05) is 30.3 Å². The topological polar surface area (TPSA) is 62.2 Å². The first-order chi connectivity index (χ1) is 14.0. The number of ether oxygens (including phenoxy) is 2. The Morgan fingerprint density at radius 1 is 1.07 bits per heavy atom. The molecule has 156 valence electrons. The summed E-state index contributed by atoms with van der Waals surface area (Å²) in [6, 6.07) is 15.2. The predicted molar refractivity (Wildman–Crippen MR) is 113 cm³/mol. The molecule has 1 unspecified atom stereocenters. The third-order valence-corrected chi connectivity index (χ3v) is 5.04. The van der Waals surface area contributed by atoms with Crippen molar-refractivity contribution in [3.8, 4) is 11.5 Å². The van der Waals surface area contributed by atoms with Crippen LogP contribution in [0.15, 0.2) is 48.5 Å². The molecule has 1 heterocycles. The number of carbonyl (C=O) groups excluding carboxylic acids is 1. The van der Waals surface area contributed by atoms with E-state index in [1.165, 1.54) is 0 Å². The number of hydrogen-bond donors (Lipinski definition) is 1. The van der Waals surface area contributed by atoms with Crippen molar-refractivity contribution < 1.29 is 19.4 Å². The van der Waals surface area contributed by atoms with Crippen LogP contribution < -0.4 is 9.47 Å². The van der Waals surface area contributed by atoms with Crippen molar-refractivity contribution >= 4 is 6.09 Å². The van der Waals surface area contributed by atoms with E-state index in [2.05, 4.69) is 4.90 Å². The van der Waals surface area contributed by atoms with Gasteiger partial charge in [0.05, 0.1) is 0 Å². The molecule has 6 heteroatoms. The lowest BCUT2D eigenvalue weighted by Gasteiger charge is -2.24. The molecular weight excluding hydrogens is 368 g/mol. The number of aliphatic hydroxyl groups is 1. The Balaban J connectivity index is 1.44. The van der Waals surface area contributed by atoms with E-state index in [9.17, 15) is 9.90 Å².